The molecule has 0 radical (unpaired) electrons. The molecule has 4 atom stereocenters. The van der Waals surface area contributed by atoms with Crippen LogP contribution in [0.3, 0.4) is 0 Å². The number of carbonyl (C=O) groups is 1. The lowest BCUT2D eigenvalue weighted by Gasteiger charge is -2.30. The van der Waals surface area contributed by atoms with Gasteiger partial charge in [0.2, 0.25) is 5.91 Å². The normalized spacial score (nSPS) is 28.8. The molecule has 0 spiro atoms. The van der Waals surface area contributed by atoms with E-state index in [9.17, 15) is 4.79 Å². The predicted octanol–water partition coefficient (Wildman–Crippen LogP) is 3.86. The van der Waals surface area contributed by atoms with Crippen LogP contribution in [0, 0.1) is 12.8 Å². The van der Waals surface area contributed by atoms with Gasteiger partial charge in [0.05, 0.1) is 0 Å². The van der Waals surface area contributed by atoms with E-state index in [0.717, 1.165) is 57.5 Å². The summed E-state index contributed by atoms with van der Waals surface area (Å²) >= 11 is 0. The Morgan fingerprint density at radius 3 is 2.55 bits per heavy atom. The molecule has 4 rings (SSSR count). The molecule has 0 aliphatic heterocycles. The number of amides is 1. The Labute approximate surface area is 191 Å². The fraction of sp³-hybridized carbons (Fsp3) is 0.652. The minimum atomic E-state index is 0. The Morgan fingerprint density at radius 1 is 1.03 bits per heavy atom. The van der Waals surface area contributed by atoms with Crippen LogP contribution in [0.2, 0.25) is 0 Å². The van der Waals surface area contributed by atoms with Crippen LogP contribution in [0.1, 0.15) is 68.9 Å². The molecule has 1 amide bonds. The van der Waals surface area contributed by atoms with Crippen molar-refractivity contribution in [2.24, 2.45) is 10.9 Å². The number of benzene rings is 1. The zero-order chi connectivity index (χ0) is 19.5. The number of hydrogen-bond donors (Lipinski definition) is 3. The first-order valence-electron chi connectivity index (χ1n) is 11.1. The molecule has 160 valence electrons. The van der Waals surface area contributed by atoms with Gasteiger partial charge in [-0.15, -0.1) is 24.0 Å². The molecule has 29 heavy (non-hydrogen) atoms. The van der Waals surface area contributed by atoms with Crippen LogP contribution in [-0.2, 0) is 4.79 Å². The number of halogens is 1. The van der Waals surface area contributed by atoms with Crippen molar-refractivity contribution in [3.05, 3.63) is 35.4 Å². The van der Waals surface area contributed by atoms with Gasteiger partial charge in [-0.2, -0.15) is 0 Å². The molecule has 0 heterocycles. The maximum Gasteiger partial charge on any atom is 0.223 e. The Hall–Kier alpha value is -1.31. The highest BCUT2D eigenvalue weighted by Crippen LogP contribution is 2.42. The number of nitrogens with one attached hydrogen (secondary N) is 3. The number of guanidine groups is 1. The molecule has 1 aromatic carbocycles. The highest BCUT2D eigenvalue weighted by atomic mass is 127. The standard InChI is InChI=1S/C23H34N4O.HI/c1-3-24-23(27-21-14-20(21)19-10-5-4-7-15(19)2)26-18-9-6-8-16(13-18)22(28)25-17-11-12-17;/h4-5,7,10,16-18,20-21H,3,6,8-9,11-14H2,1-2H3,(H,25,28)(H2,24,26,27);1H. The number of aliphatic imine (C=N–C) groups is 1. The molecule has 5 nitrogen and oxygen atoms in total. The zero-order valence-electron chi connectivity index (χ0n) is 17.6. The third-order valence-electron chi connectivity index (χ3n) is 6.33. The summed E-state index contributed by atoms with van der Waals surface area (Å²) < 4.78 is 0. The van der Waals surface area contributed by atoms with Gasteiger partial charge >= 0.3 is 0 Å². The monoisotopic (exact) mass is 510 g/mol. The number of aryl methyl sites for hydroxylation is 1. The summed E-state index contributed by atoms with van der Waals surface area (Å²) in [6.07, 6.45) is 7.61. The fourth-order valence-electron chi connectivity index (χ4n) is 4.47. The second-order valence-electron chi connectivity index (χ2n) is 8.76. The van der Waals surface area contributed by atoms with E-state index in [0.29, 0.717) is 24.0 Å². The van der Waals surface area contributed by atoms with Crippen LogP contribution in [0.25, 0.3) is 0 Å². The van der Waals surface area contributed by atoms with E-state index < -0.39 is 0 Å². The van der Waals surface area contributed by atoms with Gasteiger partial charge in [0.1, 0.15) is 0 Å². The minimum absolute atomic E-state index is 0. The molecule has 3 N–H and O–H groups in total. The Balaban J connectivity index is 0.00000240. The molecule has 0 bridgehead atoms. The molecular formula is C23H35IN4O. The number of hydrogen-bond acceptors (Lipinski definition) is 2. The van der Waals surface area contributed by atoms with Gasteiger partial charge in [-0.3, -0.25) is 9.79 Å². The topological polar surface area (TPSA) is 65.5 Å². The Kier molecular flexibility index (Phi) is 7.82. The van der Waals surface area contributed by atoms with Crippen molar-refractivity contribution in [1.29, 1.82) is 0 Å². The Morgan fingerprint density at radius 2 is 1.83 bits per heavy atom. The van der Waals surface area contributed by atoms with Crippen LogP contribution >= 0.6 is 24.0 Å². The molecule has 3 saturated carbocycles. The van der Waals surface area contributed by atoms with Gasteiger partial charge in [0.25, 0.3) is 0 Å². The predicted molar refractivity (Wildman–Crippen MR) is 129 cm³/mol. The molecule has 6 heteroatoms. The summed E-state index contributed by atoms with van der Waals surface area (Å²) in [5.41, 5.74) is 2.82. The van der Waals surface area contributed by atoms with Crippen molar-refractivity contribution in [2.45, 2.75) is 82.8 Å². The lowest BCUT2D eigenvalue weighted by molar-refractivity contribution is -0.126. The van der Waals surface area contributed by atoms with Crippen molar-refractivity contribution in [1.82, 2.24) is 16.0 Å². The molecule has 3 aliphatic carbocycles. The highest BCUT2D eigenvalue weighted by Gasteiger charge is 2.40. The lowest BCUT2D eigenvalue weighted by Crippen LogP contribution is -2.48. The summed E-state index contributed by atoms with van der Waals surface area (Å²) in [6, 6.07) is 9.91. The van der Waals surface area contributed by atoms with Crippen molar-refractivity contribution in [2.75, 3.05) is 6.54 Å². The van der Waals surface area contributed by atoms with Crippen molar-refractivity contribution in [3.8, 4) is 0 Å². The molecule has 0 aromatic heterocycles. The summed E-state index contributed by atoms with van der Waals surface area (Å²) in [4.78, 5) is 17.1. The zero-order valence-corrected chi connectivity index (χ0v) is 19.9. The lowest BCUT2D eigenvalue weighted by atomic mass is 9.85. The average molecular weight is 510 g/mol. The number of nitrogens with zero attached hydrogens (tertiary/aromatic N) is 1. The molecule has 0 saturated heterocycles. The molecule has 4 unspecified atom stereocenters. The van der Waals surface area contributed by atoms with Gasteiger partial charge in [0, 0.05) is 36.5 Å². The van der Waals surface area contributed by atoms with E-state index in [4.69, 9.17) is 0 Å². The van der Waals surface area contributed by atoms with E-state index in [1.807, 2.05) is 0 Å². The van der Waals surface area contributed by atoms with Crippen LogP contribution in [-0.4, -0.2) is 36.5 Å². The van der Waals surface area contributed by atoms with Crippen LogP contribution in [0.5, 0.6) is 0 Å². The van der Waals surface area contributed by atoms with Crippen molar-refractivity contribution >= 4 is 35.8 Å². The van der Waals surface area contributed by atoms with E-state index >= 15 is 0 Å². The fourth-order valence-corrected chi connectivity index (χ4v) is 4.47. The van der Waals surface area contributed by atoms with Gasteiger partial charge in [-0.05, 0) is 63.5 Å². The third kappa shape index (κ3) is 6.09. The van der Waals surface area contributed by atoms with Crippen LogP contribution in [0.15, 0.2) is 29.3 Å². The summed E-state index contributed by atoms with van der Waals surface area (Å²) in [7, 11) is 0. The first-order chi connectivity index (χ1) is 13.6. The maximum absolute atomic E-state index is 12.4. The van der Waals surface area contributed by atoms with Gasteiger partial charge in [0.15, 0.2) is 5.96 Å². The van der Waals surface area contributed by atoms with Gasteiger partial charge in [-0.25, -0.2) is 0 Å². The van der Waals surface area contributed by atoms with E-state index in [2.05, 4.69) is 59.1 Å². The summed E-state index contributed by atoms with van der Waals surface area (Å²) in [6.45, 7) is 5.02. The highest BCUT2D eigenvalue weighted by molar-refractivity contribution is 14.0. The SMILES string of the molecule is CCN=C(NC1CCCC(C(=O)NC2CC2)C1)NC1CC1c1ccccc1C.I. The summed E-state index contributed by atoms with van der Waals surface area (Å²) in [5, 5.41) is 10.4. The van der Waals surface area contributed by atoms with Crippen LogP contribution in [0.4, 0.5) is 0 Å². The minimum Gasteiger partial charge on any atom is -0.354 e. The number of rotatable bonds is 6. The first kappa shape index (κ1) is 22.4. The first-order valence-corrected chi connectivity index (χ1v) is 11.1. The average Bonchev–Trinajstić information content (AvgIpc) is 3.60. The second-order valence-corrected chi connectivity index (χ2v) is 8.76. The maximum atomic E-state index is 12.4. The molecular weight excluding hydrogens is 475 g/mol. The summed E-state index contributed by atoms with van der Waals surface area (Å²) in [5.74, 6) is 1.90. The Bertz CT molecular complexity index is 733. The van der Waals surface area contributed by atoms with Crippen molar-refractivity contribution in [3.63, 3.8) is 0 Å². The quantitative estimate of drug-likeness (QED) is 0.310. The van der Waals surface area contributed by atoms with Crippen LogP contribution < -0.4 is 16.0 Å². The van der Waals surface area contributed by atoms with Gasteiger partial charge < -0.3 is 16.0 Å². The van der Waals surface area contributed by atoms with Crippen molar-refractivity contribution < 1.29 is 4.79 Å². The number of carbonyl (C=O) groups excluding carboxylic acids is 1. The molecule has 3 fully saturated rings. The van der Waals surface area contributed by atoms with E-state index in [-0.39, 0.29) is 35.8 Å². The van der Waals surface area contributed by atoms with Gasteiger partial charge in [-0.1, -0.05) is 30.7 Å². The third-order valence-corrected chi connectivity index (χ3v) is 6.33. The van der Waals surface area contributed by atoms with E-state index in [1.165, 1.54) is 11.1 Å². The second kappa shape index (κ2) is 10.1. The molecule has 3 aliphatic rings. The molecule has 1 aromatic rings. The smallest absolute Gasteiger partial charge is 0.223 e. The van der Waals surface area contributed by atoms with E-state index in [1.54, 1.807) is 0 Å². The largest absolute Gasteiger partial charge is 0.354 e.